The molecule has 2 unspecified atom stereocenters. The minimum atomic E-state index is 0.0120. The zero-order valence-electron chi connectivity index (χ0n) is 8.46. The molecule has 3 rings (SSSR count). The van der Waals surface area contributed by atoms with Crippen LogP contribution in [0.4, 0.5) is 5.69 Å². The van der Waals surface area contributed by atoms with Crippen LogP contribution in [0.3, 0.4) is 0 Å². The maximum Gasteiger partial charge on any atom is 0.0963 e. The molecule has 2 atom stereocenters. The minimum absolute atomic E-state index is 0.0120. The number of hydrogen-bond acceptors (Lipinski definition) is 3. The summed E-state index contributed by atoms with van der Waals surface area (Å²) in [5, 5.41) is 15.6. The molecule has 15 heavy (non-hydrogen) atoms. The van der Waals surface area contributed by atoms with Gasteiger partial charge in [0.05, 0.1) is 12.1 Å². The van der Waals surface area contributed by atoms with Gasteiger partial charge in [-0.25, -0.2) is 0 Å². The number of fused-ring (bicyclic) bond motifs is 2. The molecule has 3 nitrogen and oxygen atoms in total. The van der Waals surface area contributed by atoms with E-state index in [2.05, 4.69) is 41.0 Å². The summed E-state index contributed by atoms with van der Waals surface area (Å²) in [5.74, 6) is 0. The van der Waals surface area contributed by atoms with Crippen LogP contribution in [0, 0.1) is 11.3 Å². The molecule has 1 aromatic rings. The lowest BCUT2D eigenvalue weighted by atomic mass is 9.80. The Bertz CT molecular complexity index is 435. The third-order valence-electron chi connectivity index (χ3n) is 3.55. The third kappa shape index (κ3) is 1.15. The first-order valence-corrected chi connectivity index (χ1v) is 5.30. The molecule has 3 heteroatoms. The van der Waals surface area contributed by atoms with Gasteiger partial charge in [0.25, 0.3) is 0 Å². The van der Waals surface area contributed by atoms with Gasteiger partial charge in [-0.3, -0.25) is 0 Å². The number of rotatable bonds is 0. The molecule has 0 radical (unpaired) electrons. The van der Waals surface area contributed by atoms with E-state index >= 15 is 0 Å². The van der Waals surface area contributed by atoms with Crippen LogP contribution in [-0.4, -0.2) is 19.1 Å². The van der Waals surface area contributed by atoms with Gasteiger partial charge in [-0.2, -0.15) is 5.26 Å². The van der Waals surface area contributed by atoms with E-state index in [-0.39, 0.29) is 11.5 Å². The predicted octanol–water partition coefficient (Wildman–Crippen LogP) is 1.24. The topological polar surface area (TPSA) is 47.9 Å². The smallest absolute Gasteiger partial charge is 0.0963 e. The fourth-order valence-electron chi connectivity index (χ4n) is 2.74. The summed E-state index contributed by atoms with van der Waals surface area (Å²) >= 11 is 0. The van der Waals surface area contributed by atoms with Crippen LogP contribution < -0.4 is 10.6 Å². The van der Waals surface area contributed by atoms with Gasteiger partial charge in [-0.1, -0.05) is 18.2 Å². The summed E-state index contributed by atoms with van der Waals surface area (Å²) in [7, 11) is 0. The third-order valence-corrected chi connectivity index (χ3v) is 3.55. The molecule has 1 aromatic carbocycles. The molecule has 76 valence electrons. The van der Waals surface area contributed by atoms with E-state index in [1.807, 2.05) is 0 Å². The Labute approximate surface area is 89.1 Å². The van der Waals surface area contributed by atoms with Gasteiger partial charge in [-0.05, 0) is 18.1 Å². The van der Waals surface area contributed by atoms with E-state index in [4.69, 9.17) is 5.26 Å². The number of benzene rings is 1. The second-order valence-electron chi connectivity index (χ2n) is 4.45. The van der Waals surface area contributed by atoms with Crippen molar-refractivity contribution in [2.75, 3.05) is 18.4 Å². The molecule has 0 aromatic heterocycles. The van der Waals surface area contributed by atoms with Crippen LogP contribution in [0.25, 0.3) is 0 Å². The van der Waals surface area contributed by atoms with Crippen LogP contribution in [0.15, 0.2) is 24.3 Å². The van der Waals surface area contributed by atoms with Crippen LogP contribution in [-0.2, 0) is 5.41 Å². The summed E-state index contributed by atoms with van der Waals surface area (Å²) in [6.07, 6.45) is 0.924. The van der Waals surface area contributed by atoms with Crippen molar-refractivity contribution in [2.45, 2.75) is 17.9 Å². The highest BCUT2D eigenvalue weighted by atomic mass is 15.0. The average Bonchev–Trinajstić information content (AvgIpc) is 2.86. The van der Waals surface area contributed by atoms with Gasteiger partial charge in [0.15, 0.2) is 0 Å². The number of nitrogens with one attached hydrogen (secondary N) is 2. The van der Waals surface area contributed by atoms with Crippen molar-refractivity contribution in [1.29, 1.82) is 5.26 Å². The maximum absolute atomic E-state index is 8.92. The lowest BCUT2D eigenvalue weighted by Gasteiger charge is -2.21. The van der Waals surface area contributed by atoms with Crippen molar-refractivity contribution in [3.63, 3.8) is 0 Å². The first-order chi connectivity index (χ1) is 7.34. The Morgan fingerprint density at radius 2 is 2.20 bits per heavy atom. The Morgan fingerprint density at radius 1 is 1.33 bits per heavy atom. The molecule has 2 heterocycles. The first kappa shape index (κ1) is 8.75. The van der Waals surface area contributed by atoms with E-state index in [9.17, 15) is 0 Å². The highest BCUT2D eigenvalue weighted by molar-refractivity contribution is 5.61. The van der Waals surface area contributed by atoms with Crippen molar-refractivity contribution >= 4 is 5.69 Å². The van der Waals surface area contributed by atoms with Gasteiger partial charge in [0.2, 0.25) is 0 Å². The summed E-state index contributed by atoms with van der Waals surface area (Å²) in [6.45, 7) is 1.87. The second kappa shape index (κ2) is 2.98. The fourth-order valence-corrected chi connectivity index (χ4v) is 2.74. The van der Waals surface area contributed by atoms with Gasteiger partial charge < -0.3 is 10.6 Å². The highest BCUT2D eigenvalue weighted by Gasteiger charge is 2.44. The molecule has 2 N–H and O–H groups in total. The van der Waals surface area contributed by atoms with E-state index in [1.54, 1.807) is 0 Å². The predicted molar refractivity (Wildman–Crippen MR) is 58.6 cm³/mol. The Balaban J connectivity index is 2.01. The maximum atomic E-state index is 8.92. The SMILES string of the molecule is N#CC1CC2(CNc3ccccc32)CN1. The molecule has 0 amide bonds. The minimum Gasteiger partial charge on any atom is -0.384 e. The first-order valence-electron chi connectivity index (χ1n) is 5.30. The molecule has 0 aliphatic carbocycles. The zero-order valence-corrected chi connectivity index (χ0v) is 8.46. The van der Waals surface area contributed by atoms with E-state index in [1.165, 1.54) is 11.3 Å². The van der Waals surface area contributed by atoms with Crippen molar-refractivity contribution in [3.8, 4) is 6.07 Å². The normalized spacial score (nSPS) is 32.3. The molecular weight excluding hydrogens is 186 g/mol. The highest BCUT2D eigenvalue weighted by Crippen LogP contribution is 2.41. The van der Waals surface area contributed by atoms with Gasteiger partial charge in [-0.15, -0.1) is 0 Å². The zero-order chi connectivity index (χ0) is 10.3. The number of nitrogens with zero attached hydrogens (tertiary/aromatic N) is 1. The van der Waals surface area contributed by atoms with Gasteiger partial charge in [0, 0.05) is 24.2 Å². The summed E-state index contributed by atoms with van der Waals surface area (Å²) in [4.78, 5) is 0. The van der Waals surface area contributed by atoms with Crippen LogP contribution in [0.2, 0.25) is 0 Å². The number of nitriles is 1. The molecule has 1 saturated heterocycles. The Morgan fingerprint density at radius 3 is 3.00 bits per heavy atom. The van der Waals surface area contributed by atoms with Crippen molar-refractivity contribution in [2.24, 2.45) is 0 Å². The molecule has 1 spiro atoms. The van der Waals surface area contributed by atoms with E-state index in [0.29, 0.717) is 0 Å². The van der Waals surface area contributed by atoms with E-state index < -0.39 is 0 Å². The van der Waals surface area contributed by atoms with Crippen LogP contribution in [0.1, 0.15) is 12.0 Å². The summed E-state index contributed by atoms with van der Waals surface area (Å²) in [6, 6.07) is 10.7. The molecule has 2 aliphatic heterocycles. The Kier molecular flexibility index (Phi) is 1.74. The number of anilines is 1. The van der Waals surface area contributed by atoms with Crippen molar-refractivity contribution in [3.05, 3.63) is 29.8 Å². The van der Waals surface area contributed by atoms with Gasteiger partial charge >= 0.3 is 0 Å². The summed E-state index contributed by atoms with van der Waals surface area (Å²) < 4.78 is 0. The molecule has 2 aliphatic rings. The van der Waals surface area contributed by atoms with Gasteiger partial charge in [0.1, 0.15) is 0 Å². The molecule has 0 bridgehead atoms. The molecular formula is C12H13N3. The number of hydrogen-bond donors (Lipinski definition) is 2. The average molecular weight is 199 g/mol. The molecule has 1 fully saturated rings. The molecule has 0 saturated carbocycles. The van der Waals surface area contributed by atoms with Crippen molar-refractivity contribution < 1.29 is 0 Å². The fraction of sp³-hybridized carbons (Fsp3) is 0.417. The monoisotopic (exact) mass is 199 g/mol. The lowest BCUT2D eigenvalue weighted by Crippen LogP contribution is -2.30. The second-order valence-corrected chi connectivity index (χ2v) is 4.45. The van der Waals surface area contributed by atoms with Crippen LogP contribution >= 0.6 is 0 Å². The quantitative estimate of drug-likeness (QED) is 0.660. The van der Waals surface area contributed by atoms with Crippen LogP contribution in [0.5, 0.6) is 0 Å². The lowest BCUT2D eigenvalue weighted by molar-refractivity contribution is 0.517. The van der Waals surface area contributed by atoms with E-state index in [0.717, 1.165) is 19.5 Å². The number of para-hydroxylation sites is 1. The largest absolute Gasteiger partial charge is 0.384 e. The standard InChI is InChI=1S/C12H13N3/c13-6-9-5-12(7-14-9)8-15-11-4-2-1-3-10(11)12/h1-4,9,14-15H,5,7-8H2. The Hall–Kier alpha value is -1.53. The summed E-state index contributed by atoms with van der Waals surface area (Å²) in [5.41, 5.74) is 2.75. The van der Waals surface area contributed by atoms with Crippen molar-refractivity contribution in [1.82, 2.24) is 5.32 Å².